The quantitative estimate of drug-likeness (QED) is 0.670. The second-order valence-electron chi connectivity index (χ2n) is 8.08. The Bertz CT molecular complexity index is 656. The maximum absolute atomic E-state index is 12.4. The highest BCUT2D eigenvalue weighted by atomic mass is 35.5. The van der Waals surface area contributed by atoms with E-state index in [1.807, 2.05) is 20.0 Å². The maximum atomic E-state index is 12.4. The van der Waals surface area contributed by atoms with Crippen molar-refractivity contribution in [3.8, 4) is 0 Å². The van der Waals surface area contributed by atoms with Gasteiger partial charge >= 0.3 is 0 Å². The van der Waals surface area contributed by atoms with Crippen LogP contribution < -0.4 is 16.0 Å². The van der Waals surface area contributed by atoms with Gasteiger partial charge in [-0.1, -0.05) is 18.1 Å². The molecule has 2 amide bonds. The number of aromatic nitrogens is 3. The van der Waals surface area contributed by atoms with Crippen molar-refractivity contribution in [2.24, 2.45) is 5.92 Å². The molecule has 1 saturated carbocycles. The SMILES string of the molecule is CNC(=O)[C@@H]1C[C@@H](n2cc(C(C)(C)NC(=O)CC3CCCC3)nn2)CN1.Cl. The molecular weight excluding hydrogens is 368 g/mol. The Hall–Kier alpha value is -1.67. The average molecular weight is 399 g/mol. The first-order valence-corrected chi connectivity index (χ1v) is 9.57. The molecule has 0 spiro atoms. The number of hydrogen-bond acceptors (Lipinski definition) is 5. The van der Waals surface area contributed by atoms with Crippen LogP contribution in [0.15, 0.2) is 6.20 Å². The molecule has 1 saturated heterocycles. The lowest BCUT2D eigenvalue weighted by Gasteiger charge is -2.24. The van der Waals surface area contributed by atoms with Crippen LogP contribution in [0.1, 0.15) is 64.1 Å². The predicted molar refractivity (Wildman–Crippen MR) is 105 cm³/mol. The zero-order valence-electron chi connectivity index (χ0n) is 16.3. The summed E-state index contributed by atoms with van der Waals surface area (Å²) in [6, 6.07) is -0.111. The first-order valence-electron chi connectivity index (χ1n) is 9.57. The molecule has 152 valence electrons. The molecule has 1 aliphatic carbocycles. The Kier molecular flexibility index (Phi) is 7.22. The number of amides is 2. The van der Waals surface area contributed by atoms with Crippen molar-refractivity contribution in [1.29, 1.82) is 0 Å². The molecule has 2 fully saturated rings. The third kappa shape index (κ3) is 5.19. The molecule has 2 atom stereocenters. The van der Waals surface area contributed by atoms with Gasteiger partial charge in [-0.15, -0.1) is 17.5 Å². The summed E-state index contributed by atoms with van der Waals surface area (Å²) in [5.41, 5.74) is 0.167. The van der Waals surface area contributed by atoms with Crippen molar-refractivity contribution in [2.75, 3.05) is 13.6 Å². The van der Waals surface area contributed by atoms with E-state index in [9.17, 15) is 9.59 Å². The van der Waals surface area contributed by atoms with Gasteiger partial charge in [0.05, 0.1) is 23.8 Å². The fraction of sp³-hybridized carbons (Fsp3) is 0.778. The Morgan fingerprint density at radius 1 is 1.33 bits per heavy atom. The fourth-order valence-corrected chi connectivity index (χ4v) is 3.97. The number of halogens is 1. The summed E-state index contributed by atoms with van der Waals surface area (Å²) in [6.07, 6.45) is 7.95. The van der Waals surface area contributed by atoms with E-state index in [0.717, 1.165) is 18.5 Å². The monoisotopic (exact) mass is 398 g/mol. The predicted octanol–water partition coefficient (Wildman–Crippen LogP) is 1.28. The van der Waals surface area contributed by atoms with Crippen molar-refractivity contribution in [1.82, 2.24) is 30.9 Å². The standard InChI is InChI=1S/C18H30N6O2.ClH/c1-18(2,21-16(25)8-12-6-4-5-7-12)15-11-24(23-22-15)13-9-14(20-10-13)17(26)19-3;/h11-14,20H,4-10H2,1-3H3,(H,19,26)(H,21,25);1H/t13-,14+;/m1./s1. The fourth-order valence-electron chi connectivity index (χ4n) is 3.97. The number of nitrogens with one attached hydrogen (secondary N) is 3. The Balaban J connectivity index is 0.00000261. The van der Waals surface area contributed by atoms with Gasteiger partial charge in [0.25, 0.3) is 0 Å². The molecule has 0 radical (unpaired) electrons. The lowest BCUT2D eigenvalue weighted by atomic mass is 9.99. The molecular formula is C18H31ClN6O2. The number of likely N-dealkylation sites (N-methyl/N-ethyl adjacent to an activating group) is 1. The van der Waals surface area contributed by atoms with Crippen LogP contribution in [0.25, 0.3) is 0 Å². The molecule has 0 bridgehead atoms. The van der Waals surface area contributed by atoms with E-state index in [1.165, 1.54) is 12.8 Å². The largest absolute Gasteiger partial charge is 0.358 e. The smallest absolute Gasteiger partial charge is 0.236 e. The number of hydrogen-bond donors (Lipinski definition) is 3. The minimum Gasteiger partial charge on any atom is -0.358 e. The highest BCUT2D eigenvalue weighted by Crippen LogP contribution is 2.28. The summed E-state index contributed by atoms with van der Waals surface area (Å²) in [6.45, 7) is 4.58. The molecule has 9 heteroatoms. The Morgan fingerprint density at radius 2 is 2.04 bits per heavy atom. The second kappa shape index (κ2) is 9.01. The Morgan fingerprint density at radius 3 is 2.70 bits per heavy atom. The van der Waals surface area contributed by atoms with E-state index in [2.05, 4.69) is 26.3 Å². The summed E-state index contributed by atoms with van der Waals surface area (Å²) in [5, 5.41) is 17.5. The van der Waals surface area contributed by atoms with E-state index < -0.39 is 5.54 Å². The van der Waals surface area contributed by atoms with E-state index in [0.29, 0.717) is 25.3 Å². The number of carbonyl (C=O) groups is 2. The van der Waals surface area contributed by atoms with E-state index in [-0.39, 0.29) is 36.3 Å². The van der Waals surface area contributed by atoms with Gasteiger partial charge in [-0.2, -0.15) is 0 Å². The molecule has 27 heavy (non-hydrogen) atoms. The summed E-state index contributed by atoms with van der Waals surface area (Å²) in [5.74, 6) is 0.596. The molecule has 2 heterocycles. The summed E-state index contributed by atoms with van der Waals surface area (Å²) in [7, 11) is 1.64. The lowest BCUT2D eigenvalue weighted by Crippen LogP contribution is -2.41. The van der Waals surface area contributed by atoms with Crippen LogP contribution in [0.5, 0.6) is 0 Å². The minimum atomic E-state index is -0.569. The van der Waals surface area contributed by atoms with Gasteiger partial charge in [0.2, 0.25) is 11.8 Å². The van der Waals surface area contributed by atoms with E-state index in [1.54, 1.807) is 11.7 Å². The van der Waals surface area contributed by atoms with Crippen molar-refractivity contribution in [3.05, 3.63) is 11.9 Å². The van der Waals surface area contributed by atoms with Crippen molar-refractivity contribution < 1.29 is 9.59 Å². The molecule has 1 aromatic heterocycles. The van der Waals surface area contributed by atoms with Crippen LogP contribution in [0.4, 0.5) is 0 Å². The first kappa shape index (κ1) is 21.6. The first-order chi connectivity index (χ1) is 12.4. The van der Waals surface area contributed by atoms with Gasteiger partial charge in [-0.25, -0.2) is 4.68 Å². The van der Waals surface area contributed by atoms with Crippen LogP contribution in [-0.2, 0) is 15.1 Å². The van der Waals surface area contributed by atoms with Gasteiger partial charge in [-0.05, 0) is 39.0 Å². The zero-order chi connectivity index (χ0) is 18.7. The third-order valence-electron chi connectivity index (χ3n) is 5.60. The van der Waals surface area contributed by atoms with Gasteiger partial charge in [0, 0.05) is 20.0 Å². The van der Waals surface area contributed by atoms with Crippen LogP contribution in [0.3, 0.4) is 0 Å². The molecule has 8 nitrogen and oxygen atoms in total. The summed E-state index contributed by atoms with van der Waals surface area (Å²) >= 11 is 0. The highest BCUT2D eigenvalue weighted by Gasteiger charge is 2.33. The van der Waals surface area contributed by atoms with Crippen LogP contribution in [-0.4, -0.2) is 46.4 Å². The van der Waals surface area contributed by atoms with Crippen LogP contribution in [0, 0.1) is 5.92 Å². The van der Waals surface area contributed by atoms with Crippen molar-refractivity contribution in [2.45, 2.75) is 70.0 Å². The van der Waals surface area contributed by atoms with Gasteiger partial charge < -0.3 is 16.0 Å². The molecule has 0 aromatic carbocycles. The molecule has 3 rings (SSSR count). The van der Waals surface area contributed by atoms with Crippen molar-refractivity contribution >= 4 is 24.2 Å². The normalized spacial score (nSPS) is 23.1. The van der Waals surface area contributed by atoms with E-state index in [4.69, 9.17) is 0 Å². The number of carbonyl (C=O) groups excluding carboxylic acids is 2. The second-order valence-corrected chi connectivity index (χ2v) is 8.08. The molecule has 2 aliphatic rings. The molecule has 1 aromatic rings. The average Bonchev–Trinajstić information content (AvgIpc) is 3.33. The number of rotatable bonds is 6. The number of nitrogens with zero attached hydrogens (tertiary/aromatic N) is 3. The molecule has 3 N–H and O–H groups in total. The zero-order valence-corrected chi connectivity index (χ0v) is 17.1. The van der Waals surface area contributed by atoms with Gasteiger partial charge in [-0.3, -0.25) is 9.59 Å². The third-order valence-corrected chi connectivity index (χ3v) is 5.60. The molecule has 1 aliphatic heterocycles. The van der Waals surface area contributed by atoms with E-state index >= 15 is 0 Å². The lowest BCUT2D eigenvalue weighted by molar-refractivity contribution is -0.124. The Labute approximate surface area is 166 Å². The molecule has 0 unspecified atom stereocenters. The van der Waals surface area contributed by atoms with Gasteiger partial charge in [0.15, 0.2) is 0 Å². The minimum absolute atomic E-state index is 0. The topological polar surface area (TPSA) is 101 Å². The summed E-state index contributed by atoms with van der Waals surface area (Å²) in [4.78, 5) is 24.1. The maximum Gasteiger partial charge on any atom is 0.236 e. The summed E-state index contributed by atoms with van der Waals surface area (Å²) < 4.78 is 1.80. The van der Waals surface area contributed by atoms with Crippen LogP contribution >= 0.6 is 12.4 Å². The van der Waals surface area contributed by atoms with Crippen LogP contribution in [0.2, 0.25) is 0 Å². The van der Waals surface area contributed by atoms with Gasteiger partial charge in [0.1, 0.15) is 5.69 Å². The highest BCUT2D eigenvalue weighted by molar-refractivity contribution is 5.85. The van der Waals surface area contributed by atoms with Crippen molar-refractivity contribution in [3.63, 3.8) is 0 Å².